The van der Waals surface area contributed by atoms with Crippen molar-refractivity contribution in [2.45, 2.75) is 33.3 Å². The molecule has 0 aliphatic rings. The molecule has 0 aliphatic heterocycles. The molecule has 0 bridgehead atoms. The summed E-state index contributed by atoms with van der Waals surface area (Å²) in [5, 5.41) is 4.29. The van der Waals surface area contributed by atoms with Gasteiger partial charge in [0.25, 0.3) is 0 Å². The van der Waals surface area contributed by atoms with Crippen molar-refractivity contribution in [2.24, 2.45) is 0 Å². The Balaban J connectivity index is 2.26. The third kappa shape index (κ3) is 3.01. The highest BCUT2D eigenvalue weighted by atomic mass is 16.6. The second-order valence-electron chi connectivity index (χ2n) is 5.42. The van der Waals surface area contributed by atoms with Gasteiger partial charge in [0.05, 0.1) is 11.9 Å². The lowest BCUT2D eigenvalue weighted by atomic mass is 10.2. The van der Waals surface area contributed by atoms with E-state index in [2.05, 4.69) is 10.1 Å². The van der Waals surface area contributed by atoms with Gasteiger partial charge in [0.1, 0.15) is 5.60 Å². The van der Waals surface area contributed by atoms with E-state index in [1.165, 1.54) is 4.90 Å². The number of imidazole rings is 1. The van der Waals surface area contributed by atoms with Gasteiger partial charge in [0.15, 0.2) is 11.5 Å². The number of fused-ring (bicyclic) bond motifs is 1. The number of ether oxygens (including phenoxy) is 1. The number of aryl methyl sites for hydroxylation is 1. The van der Waals surface area contributed by atoms with Crippen LogP contribution >= 0.6 is 0 Å². The van der Waals surface area contributed by atoms with Crippen molar-refractivity contribution in [3.63, 3.8) is 0 Å². The molecule has 0 N–H and O–H groups in total. The van der Waals surface area contributed by atoms with E-state index in [-0.39, 0.29) is 0 Å². The molecule has 19 heavy (non-hydrogen) atoms. The first-order valence-corrected chi connectivity index (χ1v) is 6.06. The Hall–Kier alpha value is -2.11. The predicted molar refractivity (Wildman–Crippen MR) is 72.4 cm³/mol. The largest absolute Gasteiger partial charge is 0.443 e. The molecule has 0 saturated heterocycles. The Morgan fingerprint density at radius 1 is 1.37 bits per heavy atom. The number of anilines is 1. The number of amides is 1. The molecule has 2 aromatic heterocycles. The normalized spacial score (nSPS) is 11.6. The number of hydrogen-bond acceptors (Lipinski definition) is 4. The van der Waals surface area contributed by atoms with Crippen LogP contribution in [0.2, 0.25) is 0 Å². The van der Waals surface area contributed by atoms with Gasteiger partial charge in [-0.3, -0.25) is 4.90 Å². The molecule has 0 unspecified atom stereocenters. The van der Waals surface area contributed by atoms with Crippen molar-refractivity contribution in [3.8, 4) is 0 Å². The number of carbonyl (C=O) groups excluding carboxylic acids is 1. The highest BCUT2D eigenvalue weighted by Gasteiger charge is 2.22. The average molecular weight is 262 g/mol. The number of carbonyl (C=O) groups is 1. The summed E-state index contributed by atoms with van der Waals surface area (Å²) in [7, 11) is 1.63. The quantitative estimate of drug-likeness (QED) is 0.791. The van der Waals surface area contributed by atoms with Gasteiger partial charge < -0.3 is 4.74 Å². The average Bonchev–Trinajstić information content (AvgIpc) is 2.68. The highest BCUT2D eigenvalue weighted by Crippen LogP contribution is 2.16. The van der Waals surface area contributed by atoms with E-state index in [9.17, 15) is 4.79 Å². The second kappa shape index (κ2) is 4.53. The van der Waals surface area contributed by atoms with E-state index in [1.54, 1.807) is 17.8 Å². The fourth-order valence-electron chi connectivity index (χ4n) is 1.55. The van der Waals surface area contributed by atoms with Crippen LogP contribution in [-0.4, -0.2) is 33.3 Å². The molecule has 0 aliphatic carbocycles. The molecule has 0 aromatic carbocycles. The maximum absolute atomic E-state index is 11.9. The monoisotopic (exact) mass is 262 g/mol. The second-order valence-corrected chi connectivity index (χ2v) is 5.42. The summed E-state index contributed by atoms with van der Waals surface area (Å²) in [4.78, 5) is 17.6. The Morgan fingerprint density at radius 2 is 2.05 bits per heavy atom. The summed E-state index contributed by atoms with van der Waals surface area (Å²) in [5.74, 6) is 0.507. The molecule has 6 heteroatoms. The number of rotatable bonds is 1. The van der Waals surface area contributed by atoms with Gasteiger partial charge in [-0.15, -0.1) is 0 Å². The lowest BCUT2D eigenvalue weighted by Gasteiger charge is -2.23. The fourth-order valence-corrected chi connectivity index (χ4v) is 1.55. The summed E-state index contributed by atoms with van der Waals surface area (Å²) < 4.78 is 6.94. The van der Waals surface area contributed by atoms with Gasteiger partial charge in [-0.1, -0.05) is 0 Å². The summed E-state index contributed by atoms with van der Waals surface area (Å²) >= 11 is 0. The molecule has 102 valence electrons. The van der Waals surface area contributed by atoms with E-state index in [0.29, 0.717) is 11.5 Å². The number of hydrogen-bond donors (Lipinski definition) is 0. The SMILES string of the molecule is Cc1ccc2nc(N(C)C(=O)OC(C)(C)C)cn2n1. The van der Waals surface area contributed by atoms with Gasteiger partial charge in [0.2, 0.25) is 0 Å². The molecule has 2 aromatic rings. The summed E-state index contributed by atoms with van der Waals surface area (Å²) in [5.41, 5.74) is 1.05. The van der Waals surface area contributed by atoms with Crippen LogP contribution in [0.15, 0.2) is 18.3 Å². The fraction of sp³-hybridized carbons (Fsp3) is 0.462. The first-order valence-electron chi connectivity index (χ1n) is 6.06. The molecule has 0 saturated carbocycles. The molecule has 2 heterocycles. The first-order chi connectivity index (χ1) is 8.76. The van der Waals surface area contributed by atoms with Crippen LogP contribution in [0.25, 0.3) is 5.65 Å². The summed E-state index contributed by atoms with van der Waals surface area (Å²) in [6, 6.07) is 3.73. The van der Waals surface area contributed by atoms with Crippen LogP contribution in [0, 0.1) is 6.92 Å². The molecular formula is C13H18N4O2. The zero-order chi connectivity index (χ0) is 14.2. The van der Waals surface area contributed by atoms with Crippen molar-refractivity contribution < 1.29 is 9.53 Å². The summed E-state index contributed by atoms with van der Waals surface area (Å²) in [6.07, 6.45) is 1.26. The van der Waals surface area contributed by atoms with Crippen LogP contribution in [0.5, 0.6) is 0 Å². The molecule has 6 nitrogen and oxygen atoms in total. The van der Waals surface area contributed by atoms with E-state index >= 15 is 0 Å². The van der Waals surface area contributed by atoms with Gasteiger partial charge in [-0.2, -0.15) is 5.10 Å². The van der Waals surface area contributed by atoms with E-state index < -0.39 is 11.7 Å². The van der Waals surface area contributed by atoms with Crippen LogP contribution in [0.4, 0.5) is 10.6 Å². The van der Waals surface area contributed by atoms with Crippen LogP contribution in [0.3, 0.4) is 0 Å². The van der Waals surface area contributed by atoms with Gasteiger partial charge in [0, 0.05) is 7.05 Å². The third-order valence-corrected chi connectivity index (χ3v) is 2.45. The van der Waals surface area contributed by atoms with Crippen LogP contribution in [0.1, 0.15) is 26.5 Å². The minimum Gasteiger partial charge on any atom is -0.443 e. The van der Waals surface area contributed by atoms with E-state index in [4.69, 9.17) is 4.74 Å². The molecular weight excluding hydrogens is 244 g/mol. The van der Waals surface area contributed by atoms with Crippen molar-refractivity contribution in [1.82, 2.24) is 14.6 Å². The van der Waals surface area contributed by atoms with Crippen molar-refractivity contribution >= 4 is 17.6 Å². The molecule has 2 rings (SSSR count). The lowest BCUT2D eigenvalue weighted by Crippen LogP contribution is -2.34. The number of aromatic nitrogens is 3. The molecule has 0 atom stereocenters. The topological polar surface area (TPSA) is 59.7 Å². The zero-order valence-electron chi connectivity index (χ0n) is 11.8. The Kier molecular flexibility index (Phi) is 3.18. The Labute approximate surface area is 112 Å². The van der Waals surface area contributed by atoms with E-state index in [1.807, 2.05) is 39.8 Å². The van der Waals surface area contributed by atoms with Crippen molar-refractivity contribution in [3.05, 3.63) is 24.0 Å². The molecule has 0 fully saturated rings. The maximum Gasteiger partial charge on any atom is 0.415 e. The first kappa shape index (κ1) is 13.3. The number of nitrogens with zero attached hydrogens (tertiary/aromatic N) is 4. The Morgan fingerprint density at radius 3 is 2.68 bits per heavy atom. The highest BCUT2D eigenvalue weighted by molar-refractivity contribution is 5.86. The maximum atomic E-state index is 11.9. The Bertz CT molecular complexity index is 613. The van der Waals surface area contributed by atoms with Crippen LogP contribution < -0.4 is 4.90 Å². The van der Waals surface area contributed by atoms with Crippen molar-refractivity contribution in [2.75, 3.05) is 11.9 Å². The predicted octanol–water partition coefficient (Wildman–Crippen LogP) is 2.41. The minimum absolute atomic E-state index is 0.437. The van der Waals surface area contributed by atoms with Gasteiger partial charge >= 0.3 is 6.09 Å². The molecule has 0 spiro atoms. The minimum atomic E-state index is -0.528. The standard InChI is InChI=1S/C13H18N4O2/c1-9-6-7-10-14-11(8-17(10)15-9)16(5)12(18)19-13(2,3)4/h6-8H,1-5H3. The molecule has 1 amide bonds. The smallest absolute Gasteiger partial charge is 0.415 e. The third-order valence-electron chi connectivity index (χ3n) is 2.45. The molecule has 0 radical (unpaired) electrons. The van der Waals surface area contributed by atoms with Crippen molar-refractivity contribution in [1.29, 1.82) is 0 Å². The van der Waals surface area contributed by atoms with Crippen LogP contribution in [-0.2, 0) is 4.74 Å². The summed E-state index contributed by atoms with van der Waals surface area (Å²) in [6.45, 7) is 7.38. The van der Waals surface area contributed by atoms with Gasteiger partial charge in [-0.05, 0) is 39.8 Å². The zero-order valence-corrected chi connectivity index (χ0v) is 11.8. The van der Waals surface area contributed by atoms with Gasteiger partial charge in [-0.25, -0.2) is 14.3 Å². The van der Waals surface area contributed by atoms with E-state index in [0.717, 1.165) is 5.69 Å². The lowest BCUT2D eigenvalue weighted by molar-refractivity contribution is 0.0588.